The molecule has 1 aliphatic heterocycles. The number of likely N-dealkylation sites (tertiary alicyclic amines) is 1. The zero-order valence-corrected chi connectivity index (χ0v) is 15.8. The molecular weight excluding hydrogens is 358 g/mol. The van der Waals surface area contributed by atoms with Crippen LogP contribution in [0.15, 0.2) is 24.3 Å². The summed E-state index contributed by atoms with van der Waals surface area (Å²) in [6.07, 6.45) is 5.49. The second-order valence-corrected chi connectivity index (χ2v) is 7.92. The van der Waals surface area contributed by atoms with Crippen LogP contribution in [0.2, 0.25) is 0 Å². The van der Waals surface area contributed by atoms with Crippen molar-refractivity contribution in [3.63, 3.8) is 0 Å². The van der Waals surface area contributed by atoms with Gasteiger partial charge in [0.1, 0.15) is 0 Å². The van der Waals surface area contributed by atoms with Crippen molar-refractivity contribution in [2.45, 2.75) is 51.0 Å². The maximum atomic E-state index is 12.5. The highest BCUT2D eigenvalue weighted by Crippen LogP contribution is 2.38. The highest BCUT2D eigenvalue weighted by atomic mass is 16.2. The second-order valence-electron chi connectivity index (χ2n) is 7.92. The molecule has 1 aromatic carbocycles. The first-order valence-corrected chi connectivity index (χ1v) is 10.1. The molecule has 2 N–H and O–H groups in total. The van der Waals surface area contributed by atoms with Crippen molar-refractivity contribution in [1.82, 2.24) is 10.2 Å². The van der Waals surface area contributed by atoms with Crippen molar-refractivity contribution in [1.29, 1.82) is 0 Å². The Morgan fingerprint density at radius 2 is 1.61 bits per heavy atom. The number of hydrogen-bond donors (Lipinski definition) is 2. The minimum atomic E-state index is -0.317. The van der Waals surface area contributed by atoms with E-state index in [4.69, 9.17) is 0 Å². The second kappa shape index (κ2) is 7.73. The van der Waals surface area contributed by atoms with Gasteiger partial charge in [-0.2, -0.15) is 0 Å². The lowest BCUT2D eigenvalue weighted by molar-refractivity contribution is -0.140. The monoisotopic (exact) mass is 383 g/mol. The van der Waals surface area contributed by atoms with E-state index >= 15 is 0 Å². The van der Waals surface area contributed by atoms with Crippen molar-refractivity contribution in [3.8, 4) is 0 Å². The van der Waals surface area contributed by atoms with Gasteiger partial charge >= 0.3 is 0 Å². The normalized spacial score (nSPS) is 24.1. The van der Waals surface area contributed by atoms with Crippen LogP contribution in [0, 0.1) is 11.8 Å². The van der Waals surface area contributed by atoms with Crippen molar-refractivity contribution in [2.24, 2.45) is 11.8 Å². The molecule has 1 saturated heterocycles. The summed E-state index contributed by atoms with van der Waals surface area (Å²) in [6.45, 7) is 0.0902. The standard InChI is InChI=1S/C21H25N3O4/c25-18(11-12-24-20(27)14-5-1-2-6-15(14)21(24)28)23-17-8-4-3-7-16(17)19(26)22-13-9-10-13/h3-4,7-8,13-15H,1-2,5-6,9-12H2,(H,22,26)(H,23,25)/t14-,15+. The van der Waals surface area contributed by atoms with Crippen LogP contribution in [0.3, 0.4) is 0 Å². The van der Waals surface area contributed by atoms with Gasteiger partial charge in [-0.1, -0.05) is 25.0 Å². The van der Waals surface area contributed by atoms with E-state index in [1.54, 1.807) is 24.3 Å². The van der Waals surface area contributed by atoms with Crippen LogP contribution in [0.25, 0.3) is 0 Å². The van der Waals surface area contributed by atoms with Crippen LogP contribution in [0.1, 0.15) is 55.3 Å². The topological polar surface area (TPSA) is 95.6 Å². The molecule has 1 aromatic rings. The maximum Gasteiger partial charge on any atom is 0.253 e. The summed E-state index contributed by atoms with van der Waals surface area (Å²) in [5.74, 6) is -1.18. The predicted octanol–water partition coefficient (Wildman–Crippen LogP) is 2.08. The number of imide groups is 1. The third-order valence-electron chi connectivity index (χ3n) is 5.85. The van der Waals surface area contributed by atoms with Crippen LogP contribution in [0.5, 0.6) is 0 Å². The van der Waals surface area contributed by atoms with Gasteiger partial charge in [0.05, 0.1) is 23.1 Å². The van der Waals surface area contributed by atoms with E-state index < -0.39 is 0 Å². The van der Waals surface area contributed by atoms with E-state index in [1.807, 2.05) is 0 Å². The Morgan fingerprint density at radius 1 is 0.964 bits per heavy atom. The van der Waals surface area contributed by atoms with Crippen LogP contribution in [-0.2, 0) is 14.4 Å². The maximum absolute atomic E-state index is 12.5. The fourth-order valence-corrected chi connectivity index (χ4v) is 4.16. The molecular formula is C21H25N3O4. The Kier molecular flexibility index (Phi) is 5.15. The molecule has 4 rings (SSSR count). The molecule has 0 spiro atoms. The van der Waals surface area contributed by atoms with Crippen molar-refractivity contribution < 1.29 is 19.2 Å². The summed E-state index contributed by atoms with van der Waals surface area (Å²) in [7, 11) is 0. The Hall–Kier alpha value is -2.70. The third kappa shape index (κ3) is 3.79. The van der Waals surface area contributed by atoms with E-state index in [1.165, 1.54) is 4.90 Å². The van der Waals surface area contributed by atoms with Gasteiger partial charge in [-0.15, -0.1) is 0 Å². The van der Waals surface area contributed by atoms with E-state index in [9.17, 15) is 19.2 Å². The highest BCUT2D eigenvalue weighted by Gasteiger charge is 2.47. The number of nitrogens with one attached hydrogen (secondary N) is 2. The van der Waals surface area contributed by atoms with Gasteiger partial charge in [0.2, 0.25) is 17.7 Å². The van der Waals surface area contributed by atoms with Gasteiger partial charge < -0.3 is 10.6 Å². The van der Waals surface area contributed by atoms with Crippen molar-refractivity contribution in [3.05, 3.63) is 29.8 Å². The predicted molar refractivity (Wildman–Crippen MR) is 102 cm³/mol. The molecule has 28 heavy (non-hydrogen) atoms. The zero-order chi connectivity index (χ0) is 19.7. The first kappa shape index (κ1) is 18.7. The zero-order valence-electron chi connectivity index (χ0n) is 15.8. The highest BCUT2D eigenvalue weighted by molar-refractivity contribution is 6.06. The van der Waals surface area contributed by atoms with Gasteiger partial charge in [0.25, 0.3) is 5.91 Å². The molecule has 7 heteroatoms. The Labute approximate surface area is 163 Å². The molecule has 1 heterocycles. The molecule has 0 radical (unpaired) electrons. The van der Waals surface area contributed by atoms with E-state index in [0.717, 1.165) is 38.5 Å². The quantitative estimate of drug-likeness (QED) is 0.735. The minimum absolute atomic E-state index is 0.0233. The van der Waals surface area contributed by atoms with E-state index in [2.05, 4.69) is 10.6 Å². The number of nitrogens with zero attached hydrogens (tertiary/aromatic N) is 1. The van der Waals surface area contributed by atoms with Crippen LogP contribution in [-0.4, -0.2) is 41.1 Å². The number of amides is 4. The fourth-order valence-electron chi connectivity index (χ4n) is 4.16. The largest absolute Gasteiger partial charge is 0.349 e. The molecule has 2 saturated carbocycles. The summed E-state index contributed by atoms with van der Waals surface area (Å²) in [5.41, 5.74) is 0.862. The molecule has 0 aromatic heterocycles. The fraction of sp³-hybridized carbons (Fsp3) is 0.524. The molecule has 7 nitrogen and oxygen atoms in total. The molecule has 148 valence electrons. The molecule has 3 fully saturated rings. The van der Waals surface area contributed by atoms with Crippen LogP contribution in [0.4, 0.5) is 5.69 Å². The average molecular weight is 383 g/mol. The summed E-state index contributed by atoms with van der Waals surface area (Å²) in [5, 5.41) is 5.67. The van der Waals surface area contributed by atoms with Crippen LogP contribution < -0.4 is 10.6 Å². The minimum Gasteiger partial charge on any atom is -0.349 e. The van der Waals surface area contributed by atoms with Gasteiger partial charge in [-0.05, 0) is 37.8 Å². The summed E-state index contributed by atoms with van der Waals surface area (Å²) in [6, 6.07) is 7.08. The number of carbonyl (C=O) groups is 4. The van der Waals surface area contributed by atoms with E-state index in [-0.39, 0.29) is 54.5 Å². The molecule has 0 bridgehead atoms. The number of carbonyl (C=O) groups excluding carboxylic acids is 4. The van der Waals surface area contributed by atoms with Gasteiger partial charge in [0.15, 0.2) is 0 Å². The number of para-hydroxylation sites is 1. The van der Waals surface area contributed by atoms with Crippen molar-refractivity contribution in [2.75, 3.05) is 11.9 Å². The number of anilines is 1. The lowest BCUT2D eigenvalue weighted by atomic mass is 9.81. The average Bonchev–Trinajstić information content (AvgIpc) is 3.48. The summed E-state index contributed by atoms with van der Waals surface area (Å²) < 4.78 is 0. The number of benzene rings is 1. The molecule has 2 atom stereocenters. The summed E-state index contributed by atoms with van der Waals surface area (Å²) >= 11 is 0. The Balaban J connectivity index is 1.35. The molecule has 4 amide bonds. The molecule has 2 aliphatic carbocycles. The third-order valence-corrected chi connectivity index (χ3v) is 5.85. The molecule has 3 aliphatic rings. The lowest BCUT2D eigenvalue weighted by Gasteiger charge is -2.19. The lowest BCUT2D eigenvalue weighted by Crippen LogP contribution is -2.34. The van der Waals surface area contributed by atoms with Gasteiger partial charge in [0, 0.05) is 19.0 Å². The number of rotatable bonds is 6. The van der Waals surface area contributed by atoms with Gasteiger partial charge in [-0.25, -0.2) is 0 Å². The Bertz CT molecular complexity index is 794. The first-order valence-electron chi connectivity index (χ1n) is 10.1. The molecule has 0 unspecified atom stereocenters. The SMILES string of the molecule is O=C(CCN1C(=O)[C@H]2CCCC[C@H]2C1=O)Nc1ccccc1C(=O)NC1CC1. The van der Waals surface area contributed by atoms with Crippen molar-refractivity contribution >= 4 is 29.3 Å². The van der Waals surface area contributed by atoms with Gasteiger partial charge in [-0.3, -0.25) is 24.1 Å². The van der Waals surface area contributed by atoms with E-state index in [0.29, 0.717) is 11.3 Å². The Morgan fingerprint density at radius 3 is 2.25 bits per heavy atom. The number of hydrogen-bond acceptors (Lipinski definition) is 4. The van der Waals surface area contributed by atoms with Crippen LogP contribution >= 0.6 is 0 Å². The summed E-state index contributed by atoms with van der Waals surface area (Å²) in [4.78, 5) is 51.0. The number of fused-ring (bicyclic) bond motifs is 1. The first-order chi connectivity index (χ1) is 13.5. The smallest absolute Gasteiger partial charge is 0.253 e.